The number of aryl methyl sites for hydroxylation is 1. The van der Waals surface area contributed by atoms with Crippen LogP contribution in [0.2, 0.25) is 0 Å². The number of benzene rings is 2. The molecule has 0 spiro atoms. The lowest BCUT2D eigenvalue weighted by molar-refractivity contribution is -0.123. The minimum atomic E-state index is -3.87. The summed E-state index contributed by atoms with van der Waals surface area (Å²) in [5.74, 6) is 0.164. The summed E-state index contributed by atoms with van der Waals surface area (Å²) in [5, 5.41) is 3.95. The summed E-state index contributed by atoms with van der Waals surface area (Å²) in [6, 6.07) is 8.84. The first-order valence-corrected chi connectivity index (χ1v) is 11.7. The van der Waals surface area contributed by atoms with Crippen LogP contribution in [0.15, 0.2) is 50.9 Å². The monoisotopic (exact) mass is 511 g/mol. The average molecular weight is 512 g/mol. The molecule has 0 bridgehead atoms. The van der Waals surface area contributed by atoms with Crippen molar-refractivity contribution in [3.63, 3.8) is 0 Å². The predicted molar refractivity (Wildman–Crippen MR) is 123 cm³/mol. The van der Waals surface area contributed by atoms with Crippen molar-refractivity contribution in [2.45, 2.75) is 31.7 Å². The average Bonchev–Trinajstić information content (AvgIpc) is 2.71. The van der Waals surface area contributed by atoms with E-state index in [0.717, 1.165) is 5.56 Å². The minimum absolute atomic E-state index is 0.0928. The Bertz CT molecular complexity index is 1050. The van der Waals surface area contributed by atoms with Crippen LogP contribution >= 0.6 is 15.9 Å². The third-order valence-corrected chi connectivity index (χ3v) is 6.45. The van der Waals surface area contributed by atoms with Crippen LogP contribution in [0.25, 0.3) is 0 Å². The fourth-order valence-corrected chi connectivity index (χ4v) is 4.66. The van der Waals surface area contributed by atoms with Crippen molar-refractivity contribution in [1.82, 2.24) is 10.1 Å². The number of hydrogen-bond acceptors (Lipinski definition) is 6. The summed E-state index contributed by atoms with van der Waals surface area (Å²) in [6.45, 7) is 5.36. The van der Waals surface area contributed by atoms with E-state index in [4.69, 9.17) is 9.47 Å². The first kappa shape index (κ1) is 24.8. The second kappa shape index (κ2) is 10.7. The van der Waals surface area contributed by atoms with Crippen molar-refractivity contribution in [3.05, 3.63) is 52.0 Å². The molecule has 0 radical (unpaired) electrons. The fourth-order valence-electron chi connectivity index (χ4n) is 2.70. The van der Waals surface area contributed by atoms with Gasteiger partial charge in [-0.2, -0.15) is 9.82 Å². The van der Waals surface area contributed by atoms with Gasteiger partial charge in [0.25, 0.3) is 5.91 Å². The van der Waals surface area contributed by atoms with Crippen molar-refractivity contribution in [2.75, 3.05) is 14.2 Å². The largest absolute Gasteiger partial charge is 0.493 e. The van der Waals surface area contributed by atoms with Crippen LogP contribution in [0.4, 0.5) is 0 Å². The maximum Gasteiger partial charge on any atom is 0.258 e. The van der Waals surface area contributed by atoms with Crippen LogP contribution < -0.4 is 19.6 Å². The van der Waals surface area contributed by atoms with Crippen LogP contribution in [0.1, 0.15) is 25.0 Å². The summed E-state index contributed by atoms with van der Waals surface area (Å²) in [4.78, 5) is 12.7. The topological polar surface area (TPSA) is 106 Å². The molecular weight excluding hydrogens is 486 g/mol. The van der Waals surface area contributed by atoms with Gasteiger partial charge in [-0.1, -0.05) is 31.5 Å². The van der Waals surface area contributed by atoms with Gasteiger partial charge in [0, 0.05) is 0 Å². The number of rotatable bonds is 9. The molecule has 1 atom stereocenters. The molecule has 2 aromatic rings. The number of halogens is 1. The van der Waals surface area contributed by atoms with Crippen molar-refractivity contribution >= 4 is 38.1 Å². The number of carbonyl (C=O) groups is 1. The molecule has 168 valence electrons. The molecule has 0 fully saturated rings. The molecule has 2 aromatic carbocycles. The Labute approximate surface area is 191 Å². The third kappa shape index (κ3) is 6.52. The number of methoxy groups -OCH3 is 2. The lowest BCUT2D eigenvalue weighted by atomic mass is 10.1. The highest BCUT2D eigenvalue weighted by Gasteiger charge is 2.28. The van der Waals surface area contributed by atoms with E-state index in [1.54, 1.807) is 38.1 Å². The fraction of sp³-hybridized carbons (Fsp3) is 0.333. The minimum Gasteiger partial charge on any atom is -0.493 e. The van der Waals surface area contributed by atoms with E-state index < -0.39 is 22.0 Å². The van der Waals surface area contributed by atoms with Gasteiger partial charge in [-0.3, -0.25) is 4.79 Å². The van der Waals surface area contributed by atoms with E-state index in [2.05, 4.69) is 31.2 Å². The normalized spacial score (nSPS) is 12.7. The van der Waals surface area contributed by atoms with Crippen molar-refractivity contribution in [3.8, 4) is 11.5 Å². The second-order valence-corrected chi connectivity index (χ2v) is 9.70. The molecule has 0 saturated heterocycles. The number of amides is 1. The van der Waals surface area contributed by atoms with Crippen LogP contribution in [0, 0.1) is 12.8 Å². The smallest absolute Gasteiger partial charge is 0.258 e. The predicted octanol–water partition coefficient (Wildman–Crippen LogP) is 3.23. The number of hydrogen-bond donors (Lipinski definition) is 2. The van der Waals surface area contributed by atoms with Gasteiger partial charge in [0.1, 0.15) is 6.04 Å². The number of nitrogens with one attached hydrogen (secondary N) is 2. The van der Waals surface area contributed by atoms with Gasteiger partial charge in [-0.05, 0) is 58.6 Å². The summed E-state index contributed by atoms with van der Waals surface area (Å²) in [6.07, 6.45) is 1.43. The third-order valence-electron chi connectivity index (χ3n) is 4.41. The van der Waals surface area contributed by atoms with Gasteiger partial charge in [0.2, 0.25) is 10.0 Å². The summed E-state index contributed by atoms with van der Waals surface area (Å²) in [7, 11) is -0.823. The lowest BCUT2D eigenvalue weighted by Crippen LogP contribution is -2.48. The first-order valence-electron chi connectivity index (χ1n) is 9.42. The molecule has 0 aliphatic rings. The molecule has 0 aromatic heterocycles. The summed E-state index contributed by atoms with van der Waals surface area (Å²) in [5.41, 5.74) is 3.98. The number of hydrazone groups is 1. The summed E-state index contributed by atoms with van der Waals surface area (Å²) < 4.78 is 39.0. The molecule has 0 aliphatic heterocycles. The van der Waals surface area contributed by atoms with Crippen LogP contribution in [-0.4, -0.2) is 40.8 Å². The Hall–Kier alpha value is -2.43. The maximum absolute atomic E-state index is 12.7. The van der Waals surface area contributed by atoms with E-state index in [-0.39, 0.29) is 10.8 Å². The molecule has 2 rings (SSSR count). The van der Waals surface area contributed by atoms with Gasteiger partial charge in [0.05, 0.1) is 29.8 Å². The van der Waals surface area contributed by atoms with E-state index >= 15 is 0 Å². The van der Waals surface area contributed by atoms with Crippen molar-refractivity contribution < 1.29 is 22.7 Å². The number of carbonyl (C=O) groups excluding carboxylic acids is 1. The van der Waals surface area contributed by atoms with Gasteiger partial charge >= 0.3 is 0 Å². The molecule has 2 N–H and O–H groups in total. The zero-order chi connectivity index (χ0) is 23.2. The summed E-state index contributed by atoms with van der Waals surface area (Å²) >= 11 is 3.39. The highest BCUT2D eigenvalue weighted by Crippen LogP contribution is 2.35. The van der Waals surface area contributed by atoms with Gasteiger partial charge < -0.3 is 9.47 Å². The molecule has 0 saturated carbocycles. The van der Waals surface area contributed by atoms with Gasteiger partial charge in [0.15, 0.2) is 11.5 Å². The van der Waals surface area contributed by atoms with Crippen molar-refractivity contribution in [2.24, 2.45) is 11.0 Å². The maximum atomic E-state index is 12.7. The molecule has 0 heterocycles. The molecule has 1 amide bonds. The van der Waals surface area contributed by atoms with Crippen LogP contribution in [0.5, 0.6) is 11.5 Å². The quantitative estimate of drug-likeness (QED) is 0.397. The van der Waals surface area contributed by atoms with E-state index in [0.29, 0.717) is 21.5 Å². The van der Waals surface area contributed by atoms with Crippen molar-refractivity contribution in [1.29, 1.82) is 0 Å². The Morgan fingerprint density at radius 2 is 1.77 bits per heavy atom. The highest BCUT2D eigenvalue weighted by molar-refractivity contribution is 9.10. The molecular formula is C21H26BrN3O5S. The SMILES string of the molecule is COc1cc(/C=N\NC(=O)[C@H](NS(=O)(=O)c2ccc(C)cc2)C(C)C)cc(Br)c1OC. The Morgan fingerprint density at radius 1 is 1.13 bits per heavy atom. The Balaban J connectivity index is 2.14. The molecule has 10 heteroatoms. The first-order chi connectivity index (χ1) is 14.6. The highest BCUT2D eigenvalue weighted by atomic mass is 79.9. The van der Waals surface area contributed by atoms with Gasteiger partial charge in [-0.25, -0.2) is 13.8 Å². The number of sulfonamides is 1. The zero-order valence-electron chi connectivity index (χ0n) is 18.0. The molecule has 0 aliphatic carbocycles. The standard InChI is InChI=1S/C21H26BrN3O5S/c1-13(2)19(25-31(27,28)16-8-6-14(3)7-9-16)21(26)24-23-12-15-10-17(22)20(30-5)18(11-15)29-4/h6-13,19,25H,1-5H3,(H,24,26)/b23-12-/t19-/m1/s1. The number of ether oxygens (including phenoxy) is 2. The Kier molecular flexibility index (Phi) is 8.60. The zero-order valence-corrected chi connectivity index (χ0v) is 20.4. The number of nitrogens with zero attached hydrogens (tertiary/aromatic N) is 1. The molecule has 8 nitrogen and oxygen atoms in total. The van der Waals surface area contributed by atoms with Crippen LogP contribution in [0.3, 0.4) is 0 Å². The second-order valence-electron chi connectivity index (χ2n) is 7.13. The van der Waals surface area contributed by atoms with Crippen LogP contribution in [-0.2, 0) is 14.8 Å². The lowest BCUT2D eigenvalue weighted by Gasteiger charge is -2.20. The molecule has 31 heavy (non-hydrogen) atoms. The van der Waals surface area contributed by atoms with E-state index in [1.807, 2.05) is 6.92 Å². The Morgan fingerprint density at radius 3 is 2.32 bits per heavy atom. The van der Waals surface area contributed by atoms with Gasteiger partial charge in [-0.15, -0.1) is 0 Å². The van der Waals surface area contributed by atoms with E-state index in [1.165, 1.54) is 32.6 Å². The van der Waals surface area contributed by atoms with E-state index in [9.17, 15) is 13.2 Å². The molecule has 0 unspecified atom stereocenters.